The van der Waals surface area contributed by atoms with Crippen molar-refractivity contribution in [3.63, 3.8) is 0 Å². The summed E-state index contributed by atoms with van der Waals surface area (Å²) >= 11 is 0. The van der Waals surface area contributed by atoms with Gasteiger partial charge in [-0.15, -0.1) is 0 Å². The van der Waals surface area contributed by atoms with Gasteiger partial charge < -0.3 is 19.1 Å². The highest BCUT2D eigenvalue weighted by atomic mass is 19.4. The van der Waals surface area contributed by atoms with Gasteiger partial charge in [-0.05, 0) is 49.6 Å². The fraction of sp³-hybridized carbons (Fsp3) is 0.346. The SMILES string of the molecule is C=CC(=O)N1CCCC[C@@H](n2c(NC(=O)c3ccnc(C(F)(F)F)c3)nc3ccc4c(c32)N(C)C(=O)CO4)C1. The molecule has 1 aromatic carbocycles. The van der Waals surface area contributed by atoms with E-state index in [-0.39, 0.29) is 42.5 Å². The van der Waals surface area contributed by atoms with Gasteiger partial charge in [0, 0.05) is 31.9 Å². The molecule has 2 aliphatic heterocycles. The quantitative estimate of drug-likeness (QED) is 0.503. The molecule has 1 fully saturated rings. The molecule has 1 atom stereocenters. The molecule has 0 aliphatic carbocycles. The summed E-state index contributed by atoms with van der Waals surface area (Å²) in [6.07, 6.45) is -0.439. The Hall–Kier alpha value is -4.42. The van der Waals surface area contributed by atoms with E-state index in [1.807, 2.05) is 0 Å². The average Bonchev–Trinajstić information content (AvgIpc) is 3.10. The van der Waals surface area contributed by atoms with E-state index in [9.17, 15) is 27.6 Å². The van der Waals surface area contributed by atoms with Crippen LogP contribution in [0.3, 0.4) is 0 Å². The Bertz CT molecular complexity index is 1480. The molecule has 3 aromatic rings. The number of amides is 3. The minimum Gasteiger partial charge on any atom is -0.481 e. The second kappa shape index (κ2) is 10.0. The number of likely N-dealkylation sites (N-methyl/N-ethyl adjacent to an activating group) is 1. The van der Waals surface area contributed by atoms with Gasteiger partial charge in [-0.25, -0.2) is 4.98 Å². The van der Waals surface area contributed by atoms with E-state index in [0.717, 1.165) is 19.0 Å². The van der Waals surface area contributed by atoms with Gasteiger partial charge in [-0.3, -0.25) is 24.7 Å². The maximum absolute atomic E-state index is 13.2. The van der Waals surface area contributed by atoms with Gasteiger partial charge in [0.15, 0.2) is 6.61 Å². The number of hydrogen-bond donors (Lipinski definition) is 1. The molecule has 0 saturated carbocycles. The lowest BCUT2D eigenvalue weighted by Crippen LogP contribution is -2.37. The summed E-state index contributed by atoms with van der Waals surface area (Å²) in [6, 6.07) is 4.82. The summed E-state index contributed by atoms with van der Waals surface area (Å²) in [4.78, 5) is 49.2. The number of carbonyl (C=O) groups excluding carboxylic acids is 3. The number of nitrogens with one attached hydrogen (secondary N) is 1. The third-order valence-corrected chi connectivity index (χ3v) is 6.88. The minimum absolute atomic E-state index is 0.0677. The fourth-order valence-electron chi connectivity index (χ4n) is 4.96. The van der Waals surface area contributed by atoms with Crippen LogP contribution in [0.2, 0.25) is 0 Å². The lowest BCUT2D eigenvalue weighted by Gasteiger charge is -2.30. The van der Waals surface area contributed by atoms with Gasteiger partial charge in [-0.2, -0.15) is 13.2 Å². The van der Waals surface area contributed by atoms with Crippen LogP contribution in [0.4, 0.5) is 24.8 Å². The predicted octanol–water partition coefficient (Wildman–Crippen LogP) is 3.80. The van der Waals surface area contributed by atoms with Crippen molar-refractivity contribution in [2.45, 2.75) is 31.5 Å². The van der Waals surface area contributed by atoms with Gasteiger partial charge >= 0.3 is 6.18 Å². The number of alkyl halides is 3. The highest BCUT2D eigenvalue weighted by Crippen LogP contribution is 2.42. The maximum Gasteiger partial charge on any atom is 0.433 e. The van der Waals surface area contributed by atoms with Crippen molar-refractivity contribution in [2.75, 3.05) is 37.0 Å². The third kappa shape index (κ3) is 4.91. The summed E-state index contributed by atoms with van der Waals surface area (Å²) < 4.78 is 47.0. The molecule has 1 N–H and O–H groups in total. The molecular weight excluding hydrogens is 517 g/mol. The average molecular weight is 543 g/mol. The van der Waals surface area contributed by atoms with Crippen LogP contribution in [-0.4, -0.2) is 63.9 Å². The molecule has 0 radical (unpaired) electrons. The van der Waals surface area contributed by atoms with Gasteiger partial charge in [0.2, 0.25) is 11.9 Å². The first kappa shape index (κ1) is 26.2. The first-order chi connectivity index (χ1) is 18.6. The van der Waals surface area contributed by atoms with Crippen LogP contribution in [0.1, 0.15) is 41.4 Å². The Kier molecular flexibility index (Phi) is 6.74. The molecule has 3 amide bonds. The van der Waals surface area contributed by atoms with E-state index in [2.05, 4.69) is 21.9 Å². The largest absolute Gasteiger partial charge is 0.481 e. The summed E-state index contributed by atoms with van der Waals surface area (Å²) in [7, 11) is 1.61. The maximum atomic E-state index is 13.2. The molecule has 0 unspecified atom stereocenters. The molecule has 13 heteroatoms. The first-order valence-electron chi connectivity index (χ1n) is 12.3. The number of benzene rings is 1. The molecule has 0 spiro atoms. The van der Waals surface area contributed by atoms with E-state index in [0.29, 0.717) is 41.5 Å². The van der Waals surface area contributed by atoms with Crippen molar-refractivity contribution in [2.24, 2.45) is 0 Å². The third-order valence-electron chi connectivity index (χ3n) is 6.88. The Balaban J connectivity index is 1.64. The zero-order chi connectivity index (χ0) is 27.9. The molecule has 39 heavy (non-hydrogen) atoms. The molecule has 2 aromatic heterocycles. The van der Waals surface area contributed by atoms with Crippen LogP contribution in [0.25, 0.3) is 11.0 Å². The van der Waals surface area contributed by atoms with E-state index < -0.39 is 17.8 Å². The predicted molar refractivity (Wildman–Crippen MR) is 135 cm³/mol. The molecule has 2 aliphatic rings. The number of fused-ring (bicyclic) bond motifs is 3. The van der Waals surface area contributed by atoms with Crippen molar-refractivity contribution in [1.82, 2.24) is 19.4 Å². The Labute approximate surface area is 221 Å². The number of ether oxygens (including phenoxy) is 1. The number of aromatic nitrogens is 3. The topological polar surface area (TPSA) is 110 Å². The monoisotopic (exact) mass is 542 g/mol. The number of anilines is 2. The molecule has 204 valence electrons. The second-order valence-corrected chi connectivity index (χ2v) is 9.35. The fourth-order valence-corrected chi connectivity index (χ4v) is 4.96. The number of pyridine rings is 1. The molecular formula is C26H25F3N6O4. The zero-order valence-corrected chi connectivity index (χ0v) is 21.0. The van der Waals surface area contributed by atoms with Crippen molar-refractivity contribution < 1.29 is 32.3 Å². The van der Waals surface area contributed by atoms with Crippen LogP contribution in [-0.2, 0) is 15.8 Å². The normalized spacial score (nSPS) is 17.8. The highest BCUT2D eigenvalue weighted by molar-refractivity contribution is 6.08. The number of imidazole rings is 1. The van der Waals surface area contributed by atoms with Crippen LogP contribution in [0.15, 0.2) is 43.1 Å². The summed E-state index contributed by atoms with van der Waals surface area (Å²) in [5.74, 6) is -0.833. The lowest BCUT2D eigenvalue weighted by atomic mass is 10.1. The number of rotatable bonds is 4. The van der Waals surface area contributed by atoms with Crippen molar-refractivity contribution >= 4 is 40.4 Å². The van der Waals surface area contributed by atoms with Crippen molar-refractivity contribution in [3.05, 3.63) is 54.4 Å². The van der Waals surface area contributed by atoms with E-state index >= 15 is 0 Å². The van der Waals surface area contributed by atoms with Gasteiger partial charge in [0.05, 0.1) is 17.1 Å². The van der Waals surface area contributed by atoms with Gasteiger partial charge in [0.25, 0.3) is 11.8 Å². The molecule has 5 rings (SSSR count). The van der Waals surface area contributed by atoms with Crippen molar-refractivity contribution in [1.29, 1.82) is 0 Å². The molecule has 10 nitrogen and oxygen atoms in total. The number of halogens is 3. The molecule has 4 heterocycles. The summed E-state index contributed by atoms with van der Waals surface area (Å²) in [5, 5.41) is 2.65. The number of likely N-dealkylation sites (tertiary alicyclic amines) is 1. The lowest BCUT2D eigenvalue weighted by molar-refractivity contribution is -0.141. The second-order valence-electron chi connectivity index (χ2n) is 9.35. The number of carbonyl (C=O) groups is 3. The summed E-state index contributed by atoms with van der Waals surface area (Å²) in [5.41, 5.74) is -0.0613. The molecule has 1 saturated heterocycles. The van der Waals surface area contributed by atoms with E-state index in [4.69, 9.17) is 4.74 Å². The minimum atomic E-state index is -4.72. The Morgan fingerprint density at radius 3 is 2.77 bits per heavy atom. The van der Waals surface area contributed by atoms with Crippen LogP contribution in [0, 0.1) is 0 Å². The van der Waals surface area contributed by atoms with Crippen LogP contribution >= 0.6 is 0 Å². The first-order valence-corrected chi connectivity index (χ1v) is 12.3. The smallest absolute Gasteiger partial charge is 0.433 e. The highest BCUT2D eigenvalue weighted by Gasteiger charge is 2.34. The van der Waals surface area contributed by atoms with E-state index in [1.165, 1.54) is 17.0 Å². The van der Waals surface area contributed by atoms with Gasteiger partial charge in [0.1, 0.15) is 17.1 Å². The Morgan fingerprint density at radius 1 is 1.23 bits per heavy atom. The van der Waals surface area contributed by atoms with Crippen LogP contribution < -0.4 is 15.0 Å². The number of hydrogen-bond acceptors (Lipinski definition) is 6. The van der Waals surface area contributed by atoms with E-state index in [1.54, 1.807) is 28.6 Å². The zero-order valence-electron chi connectivity index (χ0n) is 21.0. The summed E-state index contributed by atoms with van der Waals surface area (Å²) in [6.45, 7) is 4.24. The Morgan fingerprint density at radius 2 is 2.03 bits per heavy atom. The van der Waals surface area contributed by atoms with Gasteiger partial charge in [-0.1, -0.05) is 6.58 Å². The van der Waals surface area contributed by atoms with Crippen molar-refractivity contribution in [3.8, 4) is 5.75 Å². The number of nitrogens with zero attached hydrogens (tertiary/aromatic N) is 5. The van der Waals surface area contributed by atoms with Crippen LogP contribution in [0.5, 0.6) is 5.75 Å². The molecule has 0 bridgehead atoms. The standard InChI is InChI=1S/C26H25F3N6O4/c1-3-20(36)34-11-5-4-6-16(13-34)35-22-17(7-8-18-23(22)33(2)21(37)14-39-18)31-25(35)32-24(38)15-9-10-30-19(12-15)26(27,28)29/h3,7-10,12,16H,1,4-6,11,13-14H2,2H3,(H,31,32,38)/t16-/m1/s1.